The highest BCUT2D eigenvalue weighted by atomic mass is 16.6. The van der Waals surface area contributed by atoms with Gasteiger partial charge in [-0.2, -0.15) is 0 Å². The molecular weight excluding hydrogens is 286 g/mol. The Balaban J connectivity index is 1.96. The fraction of sp³-hybridized carbons (Fsp3) is 0.350. The summed E-state index contributed by atoms with van der Waals surface area (Å²) >= 11 is 0. The second-order valence-electron chi connectivity index (χ2n) is 6.95. The van der Waals surface area contributed by atoms with Crippen molar-refractivity contribution >= 4 is 6.09 Å². The quantitative estimate of drug-likeness (QED) is 0.898. The van der Waals surface area contributed by atoms with Gasteiger partial charge in [0.2, 0.25) is 0 Å². The number of fused-ring (bicyclic) bond motifs is 1. The van der Waals surface area contributed by atoms with Crippen LogP contribution in [-0.2, 0) is 17.6 Å². The first-order chi connectivity index (χ1) is 10.9. The zero-order valence-corrected chi connectivity index (χ0v) is 13.9. The molecule has 1 unspecified atom stereocenters. The minimum Gasteiger partial charge on any atom is -0.441 e. The van der Waals surface area contributed by atoms with E-state index in [1.54, 1.807) is 0 Å². The molecule has 3 nitrogen and oxygen atoms in total. The Labute approximate surface area is 137 Å². The van der Waals surface area contributed by atoms with Crippen LogP contribution in [0.25, 0.3) is 11.1 Å². The number of aryl methyl sites for hydroxylation is 1. The summed E-state index contributed by atoms with van der Waals surface area (Å²) in [6, 6.07) is 15.1. The average Bonchev–Trinajstić information content (AvgIpc) is 2.76. The number of ether oxygens (including phenoxy) is 1. The monoisotopic (exact) mass is 309 g/mol. The van der Waals surface area contributed by atoms with Crippen molar-refractivity contribution in [1.82, 2.24) is 0 Å². The van der Waals surface area contributed by atoms with Crippen LogP contribution in [0, 0.1) is 5.41 Å². The molecule has 1 amide bonds. The third-order valence-electron chi connectivity index (χ3n) is 4.71. The molecule has 0 radical (unpaired) electrons. The van der Waals surface area contributed by atoms with Crippen LogP contribution in [0.5, 0.6) is 0 Å². The van der Waals surface area contributed by atoms with Crippen LogP contribution in [0.4, 0.5) is 4.79 Å². The van der Waals surface area contributed by atoms with Gasteiger partial charge in [0.25, 0.3) is 0 Å². The zero-order valence-electron chi connectivity index (χ0n) is 13.9. The molecule has 3 heteroatoms. The Morgan fingerprint density at radius 3 is 2.43 bits per heavy atom. The van der Waals surface area contributed by atoms with Gasteiger partial charge in [-0.3, -0.25) is 0 Å². The molecule has 0 fully saturated rings. The van der Waals surface area contributed by atoms with Gasteiger partial charge in [-0.05, 0) is 40.7 Å². The van der Waals surface area contributed by atoms with Gasteiger partial charge < -0.3 is 10.5 Å². The Hall–Kier alpha value is -2.29. The van der Waals surface area contributed by atoms with E-state index in [1.165, 1.54) is 22.3 Å². The van der Waals surface area contributed by atoms with E-state index in [4.69, 9.17) is 10.5 Å². The lowest BCUT2D eigenvalue weighted by atomic mass is 9.87. The highest BCUT2D eigenvalue weighted by Gasteiger charge is 2.41. The van der Waals surface area contributed by atoms with Crippen LogP contribution < -0.4 is 5.73 Å². The number of hydrogen-bond donors (Lipinski definition) is 1. The second-order valence-corrected chi connectivity index (χ2v) is 6.95. The number of primary amides is 1. The summed E-state index contributed by atoms with van der Waals surface area (Å²) in [4.78, 5) is 11.2. The molecule has 0 spiro atoms. The molecule has 120 valence electrons. The molecule has 0 bridgehead atoms. The lowest BCUT2D eigenvalue weighted by Gasteiger charge is -2.26. The van der Waals surface area contributed by atoms with Gasteiger partial charge in [-0.15, -0.1) is 0 Å². The van der Waals surface area contributed by atoms with Gasteiger partial charge >= 0.3 is 6.09 Å². The van der Waals surface area contributed by atoms with Crippen molar-refractivity contribution in [3.8, 4) is 11.1 Å². The van der Waals surface area contributed by atoms with E-state index in [1.807, 2.05) is 0 Å². The van der Waals surface area contributed by atoms with Gasteiger partial charge in [-0.25, -0.2) is 4.79 Å². The first kappa shape index (κ1) is 15.6. The highest BCUT2D eigenvalue weighted by Crippen LogP contribution is 2.48. The number of hydrogen-bond acceptors (Lipinski definition) is 2. The van der Waals surface area contributed by atoms with E-state index in [-0.39, 0.29) is 11.5 Å². The van der Waals surface area contributed by atoms with Crippen molar-refractivity contribution < 1.29 is 9.53 Å². The summed E-state index contributed by atoms with van der Waals surface area (Å²) in [5, 5.41) is 0. The molecule has 0 aromatic heterocycles. The highest BCUT2D eigenvalue weighted by molar-refractivity contribution is 5.68. The van der Waals surface area contributed by atoms with Crippen LogP contribution in [0.1, 0.15) is 43.6 Å². The van der Waals surface area contributed by atoms with Crippen molar-refractivity contribution in [2.24, 2.45) is 11.1 Å². The number of rotatable bonds is 3. The fourth-order valence-corrected chi connectivity index (χ4v) is 3.47. The Kier molecular flexibility index (Phi) is 3.88. The third kappa shape index (κ3) is 2.96. The molecule has 0 saturated heterocycles. The summed E-state index contributed by atoms with van der Waals surface area (Å²) in [5.74, 6) is 0. The molecule has 2 aromatic carbocycles. The second kappa shape index (κ2) is 5.73. The smallest absolute Gasteiger partial charge is 0.405 e. The largest absolute Gasteiger partial charge is 0.441 e. The molecule has 2 N–H and O–H groups in total. The van der Waals surface area contributed by atoms with Crippen molar-refractivity contribution in [2.75, 3.05) is 0 Å². The molecule has 0 aliphatic heterocycles. The van der Waals surface area contributed by atoms with Crippen LogP contribution in [0.2, 0.25) is 0 Å². The predicted octanol–water partition coefficient (Wildman–Crippen LogP) is 4.63. The van der Waals surface area contributed by atoms with E-state index < -0.39 is 6.09 Å². The third-order valence-corrected chi connectivity index (χ3v) is 4.71. The van der Waals surface area contributed by atoms with Gasteiger partial charge in [-0.1, -0.05) is 63.2 Å². The summed E-state index contributed by atoms with van der Waals surface area (Å²) < 4.78 is 5.37. The lowest BCUT2D eigenvalue weighted by Crippen LogP contribution is -2.25. The van der Waals surface area contributed by atoms with Crippen molar-refractivity contribution in [3.05, 3.63) is 59.2 Å². The van der Waals surface area contributed by atoms with E-state index >= 15 is 0 Å². The van der Waals surface area contributed by atoms with Crippen molar-refractivity contribution in [1.29, 1.82) is 0 Å². The Morgan fingerprint density at radius 1 is 1.17 bits per heavy atom. The van der Waals surface area contributed by atoms with Crippen LogP contribution in [0.15, 0.2) is 42.5 Å². The van der Waals surface area contributed by atoms with Crippen LogP contribution >= 0.6 is 0 Å². The normalized spacial score (nSPS) is 18.5. The molecule has 1 aliphatic carbocycles. The Bertz CT molecular complexity index is 732. The van der Waals surface area contributed by atoms with Crippen LogP contribution in [-0.4, -0.2) is 6.09 Å². The SMILES string of the molecule is CCc1ccc(-c2ccc3c(c2)CC(C)(C)C3OC(N)=O)cc1. The van der Waals surface area contributed by atoms with E-state index in [0.29, 0.717) is 0 Å². The van der Waals surface area contributed by atoms with E-state index in [2.05, 4.69) is 63.2 Å². The van der Waals surface area contributed by atoms with E-state index in [9.17, 15) is 4.79 Å². The first-order valence-electron chi connectivity index (χ1n) is 8.09. The first-order valence-corrected chi connectivity index (χ1v) is 8.09. The number of carbonyl (C=O) groups excluding carboxylic acids is 1. The molecule has 2 aromatic rings. The maximum Gasteiger partial charge on any atom is 0.405 e. The maximum absolute atomic E-state index is 11.2. The van der Waals surface area contributed by atoms with Crippen molar-refractivity contribution in [2.45, 2.75) is 39.7 Å². The molecule has 0 heterocycles. The van der Waals surface area contributed by atoms with Gasteiger partial charge in [0.15, 0.2) is 0 Å². The molecular formula is C20H23NO2. The maximum atomic E-state index is 11.2. The Morgan fingerprint density at radius 2 is 1.83 bits per heavy atom. The fourth-order valence-electron chi connectivity index (χ4n) is 3.47. The van der Waals surface area contributed by atoms with Gasteiger partial charge in [0.1, 0.15) is 6.10 Å². The van der Waals surface area contributed by atoms with E-state index in [0.717, 1.165) is 18.4 Å². The predicted molar refractivity (Wildman–Crippen MR) is 92.2 cm³/mol. The molecule has 3 rings (SSSR count). The topological polar surface area (TPSA) is 52.3 Å². The molecule has 1 atom stereocenters. The molecule has 1 aliphatic rings. The summed E-state index contributed by atoms with van der Waals surface area (Å²) in [7, 11) is 0. The molecule has 0 saturated carbocycles. The summed E-state index contributed by atoms with van der Waals surface area (Å²) in [6.45, 7) is 6.37. The zero-order chi connectivity index (χ0) is 16.6. The number of amides is 1. The van der Waals surface area contributed by atoms with Crippen molar-refractivity contribution in [3.63, 3.8) is 0 Å². The standard InChI is InChI=1S/C20H23NO2/c1-4-13-5-7-14(8-6-13)15-9-10-17-16(11-15)12-20(2,3)18(17)23-19(21)22/h5-11,18H,4,12H2,1-3H3,(H2,21,22). The van der Waals surface area contributed by atoms with Gasteiger partial charge in [0, 0.05) is 5.41 Å². The number of carbonyl (C=O) groups is 1. The van der Waals surface area contributed by atoms with Crippen LogP contribution in [0.3, 0.4) is 0 Å². The minimum absolute atomic E-state index is 0.137. The average molecular weight is 309 g/mol. The summed E-state index contributed by atoms with van der Waals surface area (Å²) in [5.41, 5.74) is 11.2. The number of benzene rings is 2. The summed E-state index contributed by atoms with van der Waals surface area (Å²) in [6.07, 6.45) is 0.938. The number of nitrogens with two attached hydrogens (primary N) is 1. The molecule has 23 heavy (non-hydrogen) atoms. The lowest BCUT2D eigenvalue weighted by molar-refractivity contribution is 0.0392. The minimum atomic E-state index is -0.713. The van der Waals surface area contributed by atoms with Gasteiger partial charge in [0.05, 0.1) is 0 Å².